The second-order valence-electron chi connectivity index (χ2n) is 11.2. The van der Waals surface area contributed by atoms with E-state index in [2.05, 4.69) is 88.4 Å². The zero-order valence-corrected chi connectivity index (χ0v) is 25.3. The molecular weight excluding hydrogens is 472 g/mol. The van der Waals surface area contributed by atoms with Gasteiger partial charge < -0.3 is 5.53 Å². The molecule has 2 aromatic carbocycles. The summed E-state index contributed by atoms with van der Waals surface area (Å²) >= 11 is 0. The summed E-state index contributed by atoms with van der Waals surface area (Å²) in [6.45, 7) is 9.02. The molecule has 0 aromatic heterocycles. The first-order valence-electron chi connectivity index (χ1n) is 16.0. The summed E-state index contributed by atoms with van der Waals surface area (Å²) in [4.78, 5) is 0. The lowest BCUT2D eigenvalue weighted by Crippen LogP contribution is -2.03. The molecule has 3 rings (SSSR count). The van der Waals surface area contributed by atoms with Crippen molar-refractivity contribution in [2.24, 2.45) is 0 Å². The minimum atomic E-state index is 0.940. The lowest BCUT2D eigenvalue weighted by Gasteiger charge is -2.11. The molecule has 2 aromatic rings. The van der Waals surface area contributed by atoms with Gasteiger partial charge in [-0.2, -0.15) is 0 Å². The van der Waals surface area contributed by atoms with Gasteiger partial charge in [0.15, 0.2) is 0 Å². The number of benzene rings is 2. The summed E-state index contributed by atoms with van der Waals surface area (Å²) in [5.41, 5.74) is 21.3. The van der Waals surface area contributed by atoms with Gasteiger partial charge in [-0.1, -0.05) is 115 Å². The number of unbranched alkanes of at least 4 members (excludes halogenated alkanes) is 8. The van der Waals surface area contributed by atoms with E-state index < -0.39 is 0 Å². The van der Waals surface area contributed by atoms with Gasteiger partial charge in [-0.15, -0.1) is 0 Å². The SMILES string of the molecule is CCCCC=CC1=C(c2cccc(CCCCCC)c2)[N+](=[N-])C(c2cccc(CCCCC)c2)=C1CCCC. The van der Waals surface area contributed by atoms with Crippen molar-refractivity contribution in [3.63, 3.8) is 0 Å². The molecule has 0 radical (unpaired) electrons. The Kier molecular flexibility index (Phi) is 13.5. The number of nitrogens with zero attached hydrogens (tertiary/aromatic N) is 2. The number of aryl methyl sites for hydroxylation is 2. The maximum Gasteiger partial charge on any atom is 0.215 e. The second-order valence-corrected chi connectivity index (χ2v) is 11.2. The van der Waals surface area contributed by atoms with E-state index in [9.17, 15) is 5.53 Å². The zero-order chi connectivity index (χ0) is 27.9. The van der Waals surface area contributed by atoms with Crippen molar-refractivity contribution in [2.75, 3.05) is 0 Å². The second kappa shape index (κ2) is 17.1. The molecule has 0 aliphatic carbocycles. The Morgan fingerprint density at radius 3 is 1.79 bits per heavy atom. The average Bonchev–Trinajstić information content (AvgIpc) is 3.23. The number of allylic oxidation sites excluding steroid dienone is 4. The van der Waals surface area contributed by atoms with Crippen LogP contribution in [-0.4, -0.2) is 4.70 Å². The van der Waals surface area contributed by atoms with Gasteiger partial charge in [-0.3, -0.25) is 0 Å². The van der Waals surface area contributed by atoms with E-state index in [-0.39, 0.29) is 0 Å². The van der Waals surface area contributed by atoms with Crippen LogP contribution >= 0.6 is 0 Å². The highest BCUT2D eigenvalue weighted by Gasteiger charge is 2.34. The molecule has 2 heteroatoms. The fourth-order valence-corrected chi connectivity index (χ4v) is 5.59. The quantitative estimate of drug-likeness (QED) is 0.137. The standard InChI is InChI=1S/C37H52N2/c1-5-9-13-16-21-31-23-19-25-33(29-31)37-35(27-17-14-10-6-2)34(26-12-8-4)36(39(37)38)32-24-18-22-30(28-32)20-15-11-7-3/h17-19,22-25,27-29H,5-16,20-21,26H2,1-4H3. The van der Waals surface area contributed by atoms with Gasteiger partial charge in [0.2, 0.25) is 11.4 Å². The topological polar surface area (TPSA) is 25.3 Å². The minimum Gasteiger partial charge on any atom is -0.493 e. The van der Waals surface area contributed by atoms with Crippen LogP contribution in [0.5, 0.6) is 0 Å². The lowest BCUT2D eigenvalue weighted by molar-refractivity contribution is -0.345. The van der Waals surface area contributed by atoms with E-state index in [4.69, 9.17) is 0 Å². The maximum atomic E-state index is 11.9. The first-order chi connectivity index (χ1) is 19.1. The molecule has 210 valence electrons. The normalized spacial score (nSPS) is 13.9. The predicted molar refractivity (Wildman–Crippen MR) is 170 cm³/mol. The third kappa shape index (κ3) is 8.88. The summed E-state index contributed by atoms with van der Waals surface area (Å²) in [6.07, 6.45) is 22.2. The van der Waals surface area contributed by atoms with Crippen molar-refractivity contribution in [1.82, 2.24) is 0 Å². The third-order valence-corrected chi connectivity index (χ3v) is 7.87. The molecular formula is C37H52N2. The number of hydrogen-bond acceptors (Lipinski definition) is 0. The molecule has 1 aliphatic heterocycles. The van der Waals surface area contributed by atoms with E-state index >= 15 is 0 Å². The molecule has 1 aliphatic rings. The Morgan fingerprint density at radius 1 is 0.615 bits per heavy atom. The first kappa shape index (κ1) is 30.8. The largest absolute Gasteiger partial charge is 0.493 e. The highest BCUT2D eigenvalue weighted by molar-refractivity contribution is 5.84. The van der Waals surface area contributed by atoms with Gasteiger partial charge in [-0.05, 0) is 80.3 Å². The molecule has 0 atom stereocenters. The summed E-state index contributed by atoms with van der Waals surface area (Å²) < 4.78 is 1.52. The van der Waals surface area contributed by atoms with Crippen LogP contribution in [0, 0.1) is 0 Å². The van der Waals surface area contributed by atoms with Crippen molar-refractivity contribution < 1.29 is 4.70 Å². The highest BCUT2D eigenvalue weighted by Crippen LogP contribution is 2.43. The Balaban J connectivity index is 2.05. The predicted octanol–water partition coefficient (Wildman–Crippen LogP) is 11.6. The van der Waals surface area contributed by atoms with Crippen molar-refractivity contribution >= 4 is 11.4 Å². The summed E-state index contributed by atoms with van der Waals surface area (Å²) in [6, 6.07) is 17.8. The molecule has 0 N–H and O–H groups in total. The van der Waals surface area contributed by atoms with Crippen LogP contribution in [0.3, 0.4) is 0 Å². The maximum absolute atomic E-state index is 11.9. The van der Waals surface area contributed by atoms with Crippen molar-refractivity contribution in [2.45, 2.75) is 124 Å². The van der Waals surface area contributed by atoms with E-state index in [1.165, 1.54) is 84.8 Å². The van der Waals surface area contributed by atoms with Gasteiger partial charge in [0.05, 0.1) is 5.57 Å². The number of hydrogen-bond donors (Lipinski definition) is 0. The summed E-state index contributed by atoms with van der Waals surface area (Å²) in [5, 5.41) is 0. The van der Waals surface area contributed by atoms with E-state index in [1.54, 1.807) is 0 Å². The fourth-order valence-electron chi connectivity index (χ4n) is 5.59. The van der Waals surface area contributed by atoms with Crippen LogP contribution in [0.1, 0.15) is 133 Å². The Bertz CT molecular complexity index is 1150. The van der Waals surface area contributed by atoms with Gasteiger partial charge >= 0.3 is 0 Å². The zero-order valence-electron chi connectivity index (χ0n) is 25.3. The van der Waals surface area contributed by atoms with Crippen LogP contribution in [-0.2, 0) is 12.8 Å². The van der Waals surface area contributed by atoms with E-state index in [1.807, 2.05) is 0 Å². The molecule has 0 saturated heterocycles. The number of rotatable bonds is 18. The molecule has 0 amide bonds. The van der Waals surface area contributed by atoms with Crippen molar-refractivity contribution in [3.8, 4) is 0 Å². The van der Waals surface area contributed by atoms with E-state index in [0.29, 0.717) is 0 Å². The smallest absolute Gasteiger partial charge is 0.215 e. The van der Waals surface area contributed by atoms with Crippen molar-refractivity contribution in [1.29, 1.82) is 0 Å². The van der Waals surface area contributed by atoms with Crippen LogP contribution < -0.4 is 0 Å². The molecule has 1 heterocycles. The van der Waals surface area contributed by atoms with Gasteiger partial charge in [0, 0.05) is 16.7 Å². The first-order valence-corrected chi connectivity index (χ1v) is 16.0. The Hall–Kier alpha value is -2.74. The Morgan fingerprint density at radius 2 is 1.18 bits per heavy atom. The van der Waals surface area contributed by atoms with Crippen LogP contribution in [0.2, 0.25) is 0 Å². The molecule has 0 unspecified atom stereocenters. The molecule has 0 spiro atoms. The molecule has 0 fully saturated rings. The molecule has 0 bridgehead atoms. The lowest BCUT2D eigenvalue weighted by atomic mass is 9.93. The molecule has 0 saturated carbocycles. The van der Waals surface area contributed by atoms with Crippen LogP contribution in [0.25, 0.3) is 16.9 Å². The van der Waals surface area contributed by atoms with Gasteiger partial charge in [0.25, 0.3) is 0 Å². The average molecular weight is 525 g/mol. The van der Waals surface area contributed by atoms with Gasteiger partial charge in [-0.25, -0.2) is 4.70 Å². The summed E-state index contributed by atoms with van der Waals surface area (Å²) in [5.74, 6) is 0. The molecule has 39 heavy (non-hydrogen) atoms. The fraction of sp³-hybridized carbons (Fsp3) is 0.514. The third-order valence-electron chi connectivity index (χ3n) is 7.87. The van der Waals surface area contributed by atoms with E-state index in [0.717, 1.165) is 61.0 Å². The van der Waals surface area contributed by atoms with Gasteiger partial charge in [0.1, 0.15) is 0 Å². The summed E-state index contributed by atoms with van der Waals surface area (Å²) in [7, 11) is 0. The van der Waals surface area contributed by atoms with Crippen molar-refractivity contribution in [3.05, 3.63) is 99.6 Å². The monoisotopic (exact) mass is 524 g/mol. The molecule has 2 nitrogen and oxygen atoms in total. The minimum absolute atomic E-state index is 0.940. The van der Waals surface area contributed by atoms with Crippen LogP contribution in [0.4, 0.5) is 0 Å². The Labute approximate surface area is 239 Å². The highest BCUT2D eigenvalue weighted by atomic mass is 15.2. The van der Waals surface area contributed by atoms with Crippen LogP contribution in [0.15, 0.2) is 71.8 Å².